The number of likely N-dealkylation sites (tertiary alicyclic amines) is 1. The molecule has 0 N–H and O–H groups in total. The summed E-state index contributed by atoms with van der Waals surface area (Å²) >= 11 is 0. The Morgan fingerprint density at radius 1 is 1.00 bits per heavy atom. The van der Waals surface area contributed by atoms with Crippen molar-refractivity contribution in [1.82, 2.24) is 15.0 Å². The van der Waals surface area contributed by atoms with E-state index >= 15 is 0 Å². The molecule has 29 heavy (non-hydrogen) atoms. The van der Waals surface area contributed by atoms with Crippen molar-refractivity contribution >= 4 is 0 Å². The number of hydrogen-bond acceptors (Lipinski definition) is 6. The second-order valence-electron chi connectivity index (χ2n) is 7.76. The van der Waals surface area contributed by atoms with Crippen molar-refractivity contribution in [3.8, 4) is 22.9 Å². The molecule has 0 unspecified atom stereocenters. The van der Waals surface area contributed by atoms with Crippen molar-refractivity contribution in [1.29, 1.82) is 0 Å². The predicted octanol–water partition coefficient (Wildman–Crippen LogP) is 4.54. The molecule has 0 amide bonds. The average Bonchev–Trinajstić information content (AvgIpc) is 3.33. The van der Waals surface area contributed by atoms with Gasteiger partial charge in [-0.15, -0.1) is 0 Å². The highest BCUT2D eigenvalue weighted by Crippen LogP contribution is 2.38. The second-order valence-corrected chi connectivity index (χ2v) is 7.76. The number of hydrogen-bond donors (Lipinski definition) is 0. The molecule has 1 fully saturated rings. The fourth-order valence-corrected chi connectivity index (χ4v) is 4.09. The number of aryl methyl sites for hydroxylation is 1. The molecule has 6 heteroatoms. The smallest absolute Gasteiger partial charge is 0.241 e. The Balaban J connectivity index is 1.33. The van der Waals surface area contributed by atoms with Gasteiger partial charge in [0.2, 0.25) is 11.7 Å². The molecule has 3 heterocycles. The van der Waals surface area contributed by atoms with Gasteiger partial charge in [0.25, 0.3) is 0 Å². The largest absolute Gasteiger partial charge is 0.490 e. The second kappa shape index (κ2) is 7.87. The zero-order chi connectivity index (χ0) is 19.6. The zero-order valence-corrected chi connectivity index (χ0v) is 16.6. The van der Waals surface area contributed by atoms with Crippen LogP contribution in [0.15, 0.2) is 47.0 Å². The number of aromatic nitrogens is 2. The normalized spacial score (nSPS) is 19.3. The number of ether oxygens (including phenoxy) is 2. The predicted molar refractivity (Wildman–Crippen MR) is 109 cm³/mol. The third kappa shape index (κ3) is 3.85. The van der Waals surface area contributed by atoms with E-state index in [2.05, 4.69) is 46.2 Å². The summed E-state index contributed by atoms with van der Waals surface area (Å²) in [4.78, 5) is 7.03. The van der Waals surface area contributed by atoms with Crippen molar-refractivity contribution in [2.75, 3.05) is 19.8 Å². The minimum atomic E-state index is 0.321. The Bertz CT molecular complexity index is 983. The fraction of sp³-hybridized carbons (Fsp3) is 0.391. The summed E-state index contributed by atoms with van der Waals surface area (Å²) in [5, 5.41) is 4.17. The minimum Gasteiger partial charge on any atom is -0.490 e. The summed E-state index contributed by atoms with van der Waals surface area (Å²) in [6.07, 6.45) is 3.18. The van der Waals surface area contributed by atoms with Gasteiger partial charge < -0.3 is 14.0 Å². The molecule has 0 aliphatic carbocycles. The molecule has 1 aromatic heterocycles. The van der Waals surface area contributed by atoms with E-state index in [1.807, 2.05) is 18.2 Å². The first-order valence-electron chi connectivity index (χ1n) is 10.3. The molecule has 2 aromatic carbocycles. The zero-order valence-electron chi connectivity index (χ0n) is 16.6. The van der Waals surface area contributed by atoms with E-state index in [0.717, 1.165) is 42.9 Å². The maximum Gasteiger partial charge on any atom is 0.241 e. The summed E-state index contributed by atoms with van der Waals surface area (Å²) in [6.45, 7) is 5.15. The van der Waals surface area contributed by atoms with Crippen LogP contribution in [-0.2, 0) is 6.54 Å². The molecule has 1 atom stereocenters. The Morgan fingerprint density at radius 3 is 2.69 bits per heavy atom. The van der Waals surface area contributed by atoms with Crippen LogP contribution in [0.2, 0.25) is 0 Å². The van der Waals surface area contributed by atoms with Gasteiger partial charge in [0.15, 0.2) is 11.5 Å². The third-order valence-electron chi connectivity index (χ3n) is 5.64. The van der Waals surface area contributed by atoms with Crippen LogP contribution in [0.3, 0.4) is 0 Å². The molecule has 2 aliphatic heterocycles. The lowest BCUT2D eigenvalue weighted by atomic mass is 10.0. The van der Waals surface area contributed by atoms with E-state index < -0.39 is 0 Å². The molecular formula is C23H25N3O3. The number of fused-ring (bicyclic) bond motifs is 1. The SMILES string of the molecule is Cc1ccc(-c2noc(CN3CCC[C@@H]3c3ccc4c(c3)OCCCO4)n2)cc1. The molecule has 1 saturated heterocycles. The number of benzene rings is 2. The van der Waals surface area contributed by atoms with Crippen LogP contribution in [-0.4, -0.2) is 34.8 Å². The van der Waals surface area contributed by atoms with Crippen LogP contribution in [0, 0.1) is 6.92 Å². The summed E-state index contributed by atoms with van der Waals surface area (Å²) in [5.41, 5.74) is 3.45. The van der Waals surface area contributed by atoms with E-state index in [0.29, 0.717) is 37.5 Å². The maximum absolute atomic E-state index is 5.88. The van der Waals surface area contributed by atoms with Crippen LogP contribution in [0.5, 0.6) is 11.5 Å². The molecular weight excluding hydrogens is 366 g/mol. The van der Waals surface area contributed by atoms with E-state index in [9.17, 15) is 0 Å². The summed E-state index contributed by atoms with van der Waals surface area (Å²) in [7, 11) is 0. The van der Waals surface area contributed by atoms with E-state index in [4.69, 9.17) is 14.0 Å². The highest BCUT2D eigenvalue weighted by atomic mass is 16.5. The first kappa shape index (κ1) is 18.2. The lowest BCUT2D eigenvalue weighted by molar-refractivity contribution is 0.212. The van der Waals surface area contributed by atoms with Gasteiger partial charge in [-0.1, -0.05) is 41.1 Å². The molecule has 0 saturated carbocycles. The highest BCUT2D eigenvalue weighted by molar-refractivity contribution is 5.54. The topological polar surface area (TPSA) is 60.6 Å². The van der Waals surface area contributed by atoms with E-state index in [-0.39, 0.29) is 0 Å². The lowest BCUT2D eigenvalue weighted by Crippen LogP contribution is -2.23. The van der Waals surface area contributed by atoms with Gasteiger partial charge in [-0.25, -0.2) is 0 Å². The monoisotopic (exact) mass is 391 g/mol. The van der Waals surface area contributed by atoms with E-state index in [1.165, 1.54) is 11.1 Å². The Kier molecular flexibility index (Phi) is 4.94. The lowest BCUT2D eigenvalue weighted by Gasteiger charge is -2.23. The van der Waals surface area contributed by atoms with Gasteiger partial charge in [0, 0.05) is 18.0 Å². The fourth-order valence-electron chi connectivity index (χ4n) is 4.09. The van der Waals surface area contributed by atoms with Crippen LogP contribution < -0.4 is 9.47 Å². The van der Waals surface area contributed by atoms with Crippen molar-refractivity contribution < 1.29 is 14.0 Å². The van der Waals surface area contributed by atoms with E-state index in [1.54, 1.807) is 0 Å². The van der Waals surface area contributed by atoms with Crippen LogP contribution >= 0.6 is 0 Å². The number of nitrogens with zero attached hydrogens (tertiary/aromatic N) is 3. The third-order valence-corrected chi connectivity index (χ3v) is 5.64. The molecule has 6 nitrogen and oxygen atoms in total. The molecule has 0 bridgehead atoms. The Labute approximate surface area is 170 Å². The van der Waals surface area contributed by atoms with Gasteiger partial charge in [-0.2, -0.15) is 4.98 Å². The van der Waals surface area contributed by atoms with Gasteiger partial charge in [0.1, 0.15) is 0 Å². The van der Waals surface area contributed by atoms with Gasteiger partial charge >= 0.3 is 0 Å². The Hall–Kier alpha value is -2.86. The summed E-state index contributed by atoms with van der Waals surface area (Å²) < 4.78 is 17.2. The first-order valence-corrected chi connectivity index (χ1v) is 10.3. The molecule has 5 rings (SSSR count). The van der Waals surface area contributed by atoms with Crippen LogP contribution in [0.25, 0.3) is 11.4 Å². The molecule has 2 aliphatic rings. The van der Waals surface area contributed by atoms with Crippen molar-refractivity contribution in [2.45, 2.75) is 38.8 Å². The van der Waals surface area contributed by atoms with Gasteiger partial charge in [-0.3, -0.25) is 4.90 Å². The molecule has 0 radical (unpaired) electrons. The Morgan fingerprint density at radius 2 is 1.83 bits per heavy atom. The standard InChI is InChI=1S/C23H25N3O3/c1-16-5-7-17(8-6-16)23-24-22(29-25-23)15-26-11-2-4-19(26)18-9-10-20-21(14-18)28-13-3-12-27-20/h5-10,14,19H,2-4,11-13,15H2,1H3/t19-/m1/s1. The highest BCUT2D eigenvalue weighted by Gasteiger charge is 2.28. The summed E-state index contributed by atoms with van der Waals surface area (Å²) in [6, 6.07) is 14.8. The van der Waals surface area contributed by atoms with Crippen molar-refractivity contribution in [2.24, 2.45) is 0 Å². The molecule has 3 aromatic rings. The average molecular weight is 391 g/mol. The van der Waals surface area contributed by atoms with Crippen LogP contribution in [0.1, 0.15) is 42.3 Å². The van der Waals surface area contributed by atoms with Crippen molar-refractivity contribution in [3.05, 3.63) is 59.5 Å². The molecule has 0 spiro atoms. The van der Waals surface area contributed by atoms with Gasteiger partial charge in [-0.05, 0) is 44.0 Å². The quantitative estimate of drug-likeness (QED) is 0.651. The molecule has 150 valence electrons. The maximum atomic E-state index is 5.88. The number of rotatable bonds is 4. The first-order chi connectivity index (χ1) is 14.3. The minimum absolute atomic E-state index is 0.321. The van der Waals surface area contributed by atoms with Crippen LogP contribution in [0.4, 0.5) is 0 Å². The van der Waals surface area contributed by atoms with Gasteiger partial charge in [0.05, 0.1) is 19.8 Å². The summed E-state index contributed by atoms with van der Waals surface area (Å²) in [5.74, 6) is 3.00. The van der Waals surface area contributed by atoms with Crippen molar-refractivity contribution in [3.63, 3.8) is 0 Å².